The van der Waals surface area contributed by atoms with Gasteiger partial charge in [-0.1, -0.05) is 23.8 Å². The smallest absolute Gasteiger partial charge is 0.257 e. The Morgan fingerprint density at radius 1 is 1.11 bits per heavy atom. The maximum absolute atomic E-state index is 12.9. The van der Waals surface area contributed by atoms with Crippen molar-refractivity contribution in [1.29, 1.82) is 0 Å². The Hall–Kier alpha value is -2.53. The van der Waals surface area contributed by atoms with Crippen LogP contribution in [0.15, 0.2) is 36.4 Å². The summed E-state index contributed by atoms with van der Waals surface area (Å²) in [5, 5.41) is 0. The second kappa shape index (κ2) is 7.61. The van der Waals surface area contributed by atoms with Gasteiger partial charge in [0.25, 0.3) is 5.91 Å². The summed E-state index contributed by atoms with van der Waals surface area (Å²) < 4.78 is 11.0. The molecule has 1 amide bonds. The van der Waals surface area contributed by atoms with E-state index in [9.17, 15) is 4.79 Å². The van der Waals surface area contributed by atoms with Gasteiger partial charge >= 0.3 is 0 Å². The number of piperazine rings is 1. The predicted octanol–water partition coefficient (Wildman–Crippen LogP) is 2.90. The number of methoxy groups -OCH3 is 1. The molecule has 0 atom stereocenters. The number of benzene rings is 2. The van der Waals surface area contributed by atoms with Crippen molar-refractivity contribution in [3.05, 3.63) is 58.7 Å². The molecule has 27 heavy (non-hydrogen) atoms. The minimum Gasteiger partial charge on any atom is -0.496 e. The van der Waals surface area contributed by atoms with Gasteiger partial charge in [-0.2, -0.15) is 0 Å². The number of amides is 1. The minimum absolute atomic E-state index is 0.0601. The van der Waals surface area contributed by atoms with Crippen LogP contribution in [0.4, 0.5) is 0 Å². The van der Waals surface area contributed by atoms with Gasteiger partial charge in [0.15, 0.2) is 0 Å². The second-order valence-electron chi connectivity index (χ2n) is 7.31. The van der Waals surface area contributed by atoms with Crippen molar-refractivity contribution in [2.45, 2.75) is 19.9 Å². The average molecular weight is 366 g/mol. The van der Waals surface area contributed by atoms with E-state index in [0.717, 1.165) is 57.1 Å². The van der Waals surface area contributed by atoms with Crippen LogP contribution in [0.2, 0.25) is 0 Å². The van der Waals surface area contributed by atoms with Crippen molar-refractivity contribution in [3.8, 4) is 11.5 Å². The van der Waals surface area contributed by atoms with Crippen LogP contribution < -0.4 is 9.47 Å². The summed E-state index contributed by atoms with van der Waals surface area (Å²) >= 11 is 0. The first-order valence-electron chi connectivity index (χ1n) is 9.55. The fraction of sp³-hybridized carbons (Fsp3) is 0.409. The number of carbonyl (C=O) groups excluding carboxylic acids is 1. The summed E-state index contributed by atoms with van der Waals surface area (Å²) in [6, 6.07) is 12.3. The molecule has 4 rings (SSSR count). The van der Waals surface area contributed by atoms with Crippen molar-refractivity contribution in [2.24, 2.45) is 0 Å². The van der Waals surface area contributed by atoms with Gasteiger partial charge in [0.1, 0.15) is 11.5 Å². The zero-order valence-electron chi connectivity index (χ0n) is 16.0. The monoisotopic (exact) mass is 366 g/mol. The molecule has 2 aliphatic rings. The van der Waals surface area contributed by atoms with Crippen molar-refractivity contribution < 1.29 is 14.3 Å². The van der Waals surface area contributed by atoms with Gasteiger partial charge in [-0.25, -0.2) is 0 Å². The van der Waals surface area contributed by atoms with Gasteiger partial charge in [-0.3, -0.25) is 9.69 Å². The highest BCUT2D eigenvalue weighted by Crippen LogP contribution is 2.27. The highest BCUT2D eigenvalue weighted by atomic mass is 16.5. The summed E-state index contributed by atoms with van der Waals surface area (Å²) in [6.07, 6.45) is 1.00. The average Bonchev–Trinajstić information content (AvgIpc) is 3.16. The van der Waals surface area contributed by atoms with Gasteiger partial charge in [0, 0.05) is 39.1 Å². The van der Waals surface area contributed by atoms with Crippen LogP contribution in [-0.4, -0.2) is 55.6 Å². The summed E-state index contributed by atoms with van der Waals surface area (Å²) in [6.45, 7) is 6.95. The molecule has 5 heteroatoms. The van der Waals surface area contributed by atoms with Gasteiger partial charge < -0.3 is 14.4 Å². The first kappa shape index (κ1) is 17.9. The van der Waals surface area contributed by atoms with Crippen LogP contribution in [0.5, 0.6) is 11.5 Å². The quantitative estimate of drug-likeness (QED) is 0.834. The molecule has 142 valence electrons. The van der Waals surface area contributed by atoms with Crippen molar-refractivity contribution in [1.82, 2.24) is 9.80 Å². The van der Waals surface area contributed by atoms with E-state index in [0.29, 0.717) is 11.3 Å². The van der Waals surface area contributed by atoms with Crippen molar-refractivity contribution in [2.75, 3.05) is 39.9 Å². The van der Waals surface area contributed by atoms with Crippen LogP contribution in [0.25, 0.3) is 0 Å². The highest BCUT2D eigenvalue weighted by molar-refractivity contribution is 5.97. The van der Waals surface area contributed by atoms with Crippen molar-refractivity contribution >= 4 is 5.91 Å². The molecule has 2 heterocycles. The van der Waals surface area contributed by atoms with E-state index < -0.39 is 0 Å². The number of fused-ring (bicyclic) bond motifs is 1. The first-order valence-corrected chi connectivity index (χ1v) is 9.55. The molecule has 0 aliphatic carbocycles. The van der Waals surface area contributed by atoms with Crippen LogP contribution in [0.3, 0.4) is 0 Å². The molecule has 2 aromatic rings. The number of rotatable bonds is 4. The molecular formula is C22H26N2O3. The molecule has 5 nitrogen and oxygen atoms in total. The second-order valence-corrected chi connectivity index (χ2v) is 7.31. The molecule has 0 N–H and O–H groups in total. The molecular weight excluding hydrogens is 340 g/mol. The number of hydrogen-bond acceptors (Lipinski definition) is 4. The topological polar surface area (TPSA) is 42.0 Å². The lowest BCUT2D eigenvalue weighted by atomic mass is 10.1. The SMILES string of the molecule is COc1ccc(C)cc1C(=O)N1CCN(Cc2ccc3c(c2)CCO3)CC1. The Balaban J connectivity index is 1.37. The van der Waals surface area contributed by atoms with E-state index in [-0.39, 0.29) is 5.91 Å². The highest BCUT2D eigenvalue weighted by Gasteiger charge is 2.24. The van der Waals surface area contributed by atoms with E-state index in [1.54, 1.807) is 7.11 Å². The molecule has 0 bridgehead atoms. The maximum Gasteiger partial charge on any atom is 0.257 e. The standard InChI is InChI=1S/C22H26N2O3/c1-16-3-5-21(26-2)19(13-16)22(25)24-10-8-23(9-11-24)15-17-4-6-20-18(14-17)7-12-27-20/h3-6,13-14H,7-12,15H2,1-2H3. The molecule has 0 saturated carbocycles. The largest absolute Gasteiger partial charge is 0.496 e. The Morgan fingerprint density at radius 2 is 1.93 bits per heavy atom. The maximum atomic E-state index is 12.9. The number of hydrogen-bond donors (Lipinski definition) is 0. The molecule has 0 spiro atoms. The number of ether oxygens (including phenoxy) is 2. The summed E-state index contributed by atoms with van der Waals surface area (Å²) in [4.78, 5) is 17.3. The lowest BCUT2D eigenvalue weighted by Gasteiger charge is -2.35. The third-order valence-corrected chi connectivity index (χ3v) is 5.40. The van der Waals surface area contributed by atoms with Crippen LogP contribution in [0, 0.1) is 6.92 Å². The van der Waals surface area contributed by atoms with Crippen LogP contribution in [0.1, 0.15) is 27.0 Å². The normalized spacial score (nSPS) is 16.7. The fourth-order valence-electron chi connectivity index (χ4n) is 3.86. The van der Waals surface area contributed by atoms with E-state index in [1.165, 1.54) is 11.1 Å². The zero-order valence-corrected chi connectivity index (χ0v) is 16.0. The molecule has 0 unspecified atom stereocenters. The van der Waals surface area contributed by atoms with E-state index in [1.807, 2.05) is 30.0 Å². The predicted molar refractivity (Wildman–Crippen MR) is 105 cm³/mol. The summed E-state index contributed by atoms with van der Waals surface area (Å²) in [5.74, 6) is 1.74. The molecule has 1 fully saturated rings. The van der Waals surface area contributed by atoms with Crippen LogP contribution >= 0.6 is 0 Å². The van der Waals surface area contributed by atoms with Crippen molar-refractivity contribution in [3.63, 3.8) is 0 Å². The van der Waals surface area contributed by atoms with Gasteiger partial charge in [-0.05, 0) is 36.2 Å². The Labute approximate surface area is 160 Å². The third-order valence-electron chi connectivity index (χ3n) is 5.40. The molecule has 0 aromatic heterocycles. The van der Waals surface area contributed by atoms with E-state index >= 15 is 0 Å². The number of nitrogens with zero attached hydrogens (tertiary/aromatic N) is 2. The first-order chi connectivity index (χ1) is 13.1. The zero-order chi connectivity index (χ0) is 18.8. The van der Waals surface area contributed by atoms with Gasteiger partial charge in [0.05, 0.1) is 19.3 Å². The molecule has 1 saturated heterocycles. The molecule has 2 aromatic carbocycles. The molecule has 0 radical (unpaired) electrons. The van der Waals surface area contributed by atoms with Gasteiger partial charge in [-0.15, -0.1) is 0 Å². The number of carbonyl (C=O) groups is 1. The lowest BCUT2D eigenvalue weighted by molar-refractivity contribution is 0.0625. The van der Waals surface area contributed by atoms with E-state index in [2.05, 4.69) is 23.1 Å². The van der Waals surface area contributed by atoms with Gasteiger partial charge in [0.2, 0.25) is 0 Å². The number of aryl methyl sites for hydroxylation is 1. The van der Waals surface area contributed by atoms with Crippen LogP contribution in [-0.2, 0) is 13.0 Å². The summed E-state index contributed by atoms with van der Waals surface area (Å²) in [5.41, 5.74) is 4.36. The lowest BCUT2D eigenvalue weighted by Crippen LogP contribution is -2.48. The Kier molecular flexibility index (Phi) is 5.03. The Morgan fingerprint density at radius 3 is 2.70 bits per heavy atom. The fourth-order valence-corrected chi connectivity index (χ4v) is 3.86. The summed E-state index contributed by atoms with van der Waals surface area (Å²) in [7, 11) is 1.61. The Bertz CT molecular complexity index is 841. The third kappa shape index (κ3) is 3.78. The molecule has 2 aliphatic heterocycles. The van der Waals surface area contributed by atoms with E-state index in [4.69, 9.17) is 9.47 Å². The minimum atomic E-state index is 0.0601.